The smallest absolute Gasteiger partial charge is 0.124 e. The van der Waals surface area contributed by atoms with Crippen LogP contribution in [0, 0.1) is 0 Å². The van der Waals surface area contributed by atoms with E-state index in [0.29, 0.717) is 0 Å². The third kappa shape index (κ3) is 3.31. The molecule has 1 aliphatic heterocycles. The van der Waals surface area contributed by atoms with Crippen molar-refractivity contribution in [3.8, 4) is 0 Å². The van der Waals surface area contributed by atoms with Gasteiger partial charge in [-0.1, -0.05) is 35.9 Å². The van der Waals surface area contributed by atoms with Gasteiger partial charge in [-0.15, -0.1) is 0 Å². The predicted octanol–water partition coefficient (Wildman–Crippen LogP) is 3.57. The Morgan fingerprint density at radius 2 is 1.83 bits per heavy atom. The number of fused-ring (bicyclic) bond motifs is 1. The second-order valence-corrected chi connectivity index (χ2v) is 6.56. The molecule has 0 unspecified atom stereocenters. The number of ether oxygens (including phenoxy) is 1. The van der Waals surface area contributed by atoms with E-state index in [1.54, 1.807) is 0 Å². The van der Waals surface area contributed by atoms with Crippen LogP contribution in [0.15, 0.2) is 48.5 Å². The highest BCUT2D eigenvalue weighted by molar-refractivity contribution is 6.30. The minimum absolute atomic E-state index is 0.770. The first-order valence-corrected chi connectivity index (χ1v) is 8.66. The van der Waals surface area contributed by atoms with Crippen LogP contribution in [0.3, 0.4) is 0 Å². The lowest BCUT2D eigenvalue weighted by molar-refractivity contribution is 0.0327. The zero-order valence-corrected chi connectivity index (χ0v) is 14.2. The monoisotopic (exact) mass is 341 g/mol. The number of para-hydroxylation sites is 2. The SMILES string of the molecule is Clc1cccc(Cn2c(CN3CCOCC3)nc3ccccc32)c1. The normalized spacial score (nSPS) is 15.9. The molecule has 4 rings (SSSR count). The molecule has 1 fully saturated rings. The molecule has 0 aliphatic carbocycles. The van der Waals surface area contributed by atoms with Gasteiger partial charge in [0.25, 0.3) is 0 Å². The van der Waals surface area contributed by atoms with Gasteiger partial charge >= 0.3 is 0 Å². The lowest BCUT2D eigenvalue weighted by Gasteiger charge is -2.26. The van der Waals surface area contributed by atoms with Crippen molar-refractivity contribution in [2.45, 2.75) is 13.1 Å². The van der Waals surface area contributed by atoms with Crippen molar-refractivity contribution in [1.29, 1.82) is 0 Å². The number of nitrogens with zero attached hydrogens (tertiary/aromatic N) is 3. The molecule has 3 aromatic rings. The van der Waals surface area contributed by atoms with E-state index in [-0.39, 0.29) is 0 Å². The lowest BCUT2D eigenvalue weighted by Crippen LogP contribution is -2.36. The van der Waals surface area contributed by atoms with E-state index >= 15 is 0 Å². The van der Waals surface area contributed by atoms with Gasteiger partial charge < -0.3 is 9.30 Å². The number of benzene rings is 2. The third-order valence-electron chi connectivity index (χ3n) is 4.43. The second kappa shape index (κ2) is 6.93. The molecule has 24 heavy (non-hydrogen) atoms. The lowest BCUT2D eigenvalue weighted by atomic mass is 10.2. The number of morpholine rings is 1. The molecule has 2 aromatic carbocycles. The van der Waals surface area contributed by atoms with Crippen LogP contribution in [0.2, 0.25) is 5.02 Å². The molecule has 0 bridgehead atoms. The molecule has 0 radical (unpaired) electrons. The molecule has 0 saturated carbocycles. The number of halogens is 1. The highest BCUT2D eigenvalue weighted by Gasteiger charge is 2.16. The summed E-state index contributed by atoms with van der Waals surface area (Å²) in [5.41, 5.74) is 3.40. The summed E-state index contributed by atoms with van der Waals surface area (Å²) < 4.78 is 7.75. The topological polar surface area (TPSA) is 30.3 Å². The van der Waals surface area contributed by atoms with Gasteiger partial charge in [-0.3, -0.25) is 4.90 Å². The number of aromatic nitrogens is 2. The summed E-state index contributed by atoms with van der Waals surface area (Å²) in [5.74, 6) is 1.10. The average molecular weight is 342 g/mol. The Kier molecular flexibility index (Phi) is 4.52. The number of hydrogen-bond acceptors (Lipinski definition) is 3. The maximum atomic E-state index is 6.15. The van der Waals surface area contributed by atoms with E-state index < -0.39 is 0 Å². The summed E-state index contributed by atoms with van der Waals surface area (Å²) >= 11 is 6.15. The van der Waals surface area contributed by atoms with Gasteiger partial charge in [-0.05, 0) is 29.8 Å². The van der Waals surface area contributed by atoms with Crippen molar-refractivity contribution in [3.05, 3.63) is 64.9 Å². The van der Waals surface area contributed by atoms with Crippen molar-refractivity contribution >= 4 is 22.6 Å². The molecule has 0 spiro atoms. The molecule has 0 N–H and O–H groups in total. The fourth-order valence-electron chi connectivity index (χ4n) is 3.20. The molecular weight excluding hydrogens is 322 g/mol. The number of rotatable bonds is 4. The maximum absolute atomic E-state index is 6.15. The van der Waals surface area contributed by atoms with Crippen molar-refractivity contribution in [3.63, 3.8) is 0 Å². The molecule has 0 amide bonds. The van der Waals surface area contributed by atoms with Crippen molar-refractivity contribution in [2.75, 3.05) is 26.3 Å². The summed E-state index contributed by atoms with van der Waals surface area (Å²) in [5, 5.41) is 0.770. The van der Waals surface area contributed by atoms with Crippen LogP contribution in [0.1, 0.15) is 11.4 Å². The Balaban J connectivity index is 1.69. The highest BCUT2D eigenvalue weighted by Crippen LogP contribution is 2.20. The van der Waals surface area contributed by atoms with Crippen molar-refractivity contribution in [1.82, 2.24) is 14.5 Å². The van der Waals surface area contributed by atoms with Gasteiger partial charge in [0, 0.05) is 24.7 Å². The van der Waals surface area contributed by atoms with Gasteiger partial charge in [0.2, 0.25) is 0 Å². The first-order chi connectivity index (χ1) is 11.8. The van der Waals surface area contributed by atoms with Crippen LogP contribution >= 0.6 is 11.6 Å². The van der Waals surface area contributed by atoms with Gasteiger partial charge in [0.15, 0.2) is 0 Å². The summed E-state index contributed by atoms with van der Waals surface area (Å²) in [4.78, 5) is 7.27. The van der Waals surface area contributed by atoms with Crippen LogP contribution in [-0.2, 0) is 17.8 Å². The number of imidazole rings is 1. The van der Waals surface area contributed by atoms with E-state index in [1.165, 1.54) is 11.1 Å². The molecule has 1 aliphatic rings. The molecule has 5 heteroatoms. The predicted molar refractivity (Wildman–Crippen MR) is 96.4 cm³/mol. The molecule has 1 saturated heterocycles. The molecule has 2 heterocycles. The Hall–Kier alpha value is -1.88. The number of hydrogen-bond donors (Lipinski definition) is 0. The van der Waals surface area contributed by atoms with E-state index in [0.717, 1.165) is 55.8 Å². The first-order valence-electron chi connectivity index (χ1n) is 8.28. The summed E-state index contributed by atoms with van der Waals surface area (Å²) in [6.45, 7) is 5.14. The summed E-state index contributed by atoms with van der Waals surface area (Å²) in [7, 11) is 0. The summed E-state index contributed by atoms with van der Waals surface area (Å²) in [6, 6.07) is 16.4. The largest absolute Gasteiger partial charge is 0.379 e. The summed E-state index contributed by atoms with van der Waals surface area (Å²) in [6.07, 6.45) is 0. The minimum Gasteiger partial charge on any atom is -0.379 e. The fraction of sp³-hybridized carbons (Fsp3) is 0.316. The van der Waals surface area contributed by atoms with Gasteiger partial charge in [-0.25, -0.2) is 4.98 Å². The van der Waals surface area contributed by atoms with Gasteiger partial charge in [-0.2, -0.15) is 0 Å². The zero-order chi connectivity index (χ0) is 16.4. The van der Waals surface area contributed by atoms with E-state index in [4.69, 9.17) is 21.3 Å². The van der Waals surface area contributed by atoms with E-state index in [1.807, 2.05) is 24.3 Å². The van der Waals surface area contributed by atoms with E-state index in [9.17, 15) is 0 Å². The molecule has 1 aromatic heterocycles. The van der Waals surface area contributed by atoms with Gasteiger partial charge in [0.05, 0.1) is 30.8 Å². The Morgan fingerprint density at radius 3 is 2.67 bits per heavy atom. The van der Waals surface area contributed by atoms with Gasteiger partial charge in [0.1, 0.15) is 5.82 Å². The first kappa shape index (κ1) is 15.6. The molecular formula is C19H20ClN3O. The van der Waals surface area contributed by atoms with Crippen LogP contribution in [0.5, 0.6) is 0 Å². The maximum Gasteiger partial charge on any atom is 0.124 e. The molecule has 124 valence electrons. The second-order valence-electron chi connectivity index (χ2n) is 6.12. The van der Waals surface area contributed by atoms with Crippen molar-refractivity contribution < 1.29 is 4.74 Å². The molecule has 0 atom stereocenters. The van der Waals surface area contributed by atoms with Crippen LogP contribution < -0.4 is 0 Å². The zero-order valence-electron chi connectivity index (χ0n) is 13.5. The van der Waals surface area contributed by atoms with Crippen LogP contribution in [0.25, 0.3) is 11.0 Å². The minimum atomic E-state index is 0.770. The van der Waals surface area contributed by atoms with E-state index in [2.05, 4.69) is 33.7 Å². The third-order valence-corrected chi connectivity index (χ3v) is 4.67. The quantitative estimate of drug-likeness (QED) is 0.726. The van der Waals surface area contributed by atoms with Crippen molar-refractivity contribution in [2.24, 2.45) is 0 Å². The van der Waals surface area contributed by atoms with Crippen LogP contribution in [0.4, 0.5) is 0 Å². The average Bonchev–Trinajstić information content (AvgIpc) is 2.93. The fourth-order valence-corrected chi connectivity index (χ4v) is 3.41. The highest BCUT2D eigenvalue weighted by atomic mass is 35.5. The Bertz CT molecular complexity index is 839. The Labute approximate surface area is 146 Å². The molecule has 4 nitrogen and oxygen atoms in total. The van der Waals surface area contributed by atoms with Crippen LogP contribution in [-0.4, -0.2) is 40.8 Å². The Morgan fingerprint density at radius 1 is 1.00 bits per heavy atom. The standard InChI is InChI=1S/C19H20ClN3O/c20-16-5-3-4-15(12-16)13-23-18-7-2-1-6-17(18)21-19(23)14-22-8-10-24-11-9-22/h1-7,12H,8-11,13-14H2.